The van der Waals surface area contributed by atoms with Crippen molar-refractivity contribution in [3.8, 4) is 11.1 Å². The van der Waals surface area contributed by atoms with Crippen molar-refractivity contribution in [2.24, 2.45) is 0 Å². The van der Waals surface area contributed by atoms with E-state index in [1.54, 1.807) is 0 Å². The first-order chi connectivity index (χ1) is 12.8. The molecule has 0 saturated heterocycles. The first-order valence-corrected chi connectivity index (χ1v) is 7.64. The number of hydrogen-bond donors (Lipinski definition) is 1. The monoisotopic (exact) mass is 372 g/mol. The van der Waals surface area contributed by atoms with Gasteiger partial charge in [-0.15, -0.1) is 0 Å². The average molecular weight is 372 g/mol. The fraction of sp³-hybridized carbons (Fsp3) is 0.0526. The number of aromatic carboxylic acids is 1. The predicted octanol–water partition coefficient (Wildman–Crippen LogP) is 4.09. The Labute approximate surface area is 151 Å². The number of pyridine rings is 2. The third kappa shape index (κ3) is 3.84. The minimum Gasteiger partial charge on any atom is -0.477 e. The third-order valence-electron chi connectivity index (χ3n) is 3.79. The molecule has 8 heteroatoms. The molecule has 0 radical (unpaired) electrons. The lowest BCUT2D eigenvalue weighted by Gasteiger charge is -2.11. The number of carboxylic acids is 1. The standard InChI is InChI=1S/C19H11F3N2O3/c20-19(21,22)14-4-2-1-3-13(14)17(25)15-7-5-11(9-23-15)12-6-8-16(18(26)27)24-10-12/h1-10H,(H,26,27). The highest BCUT2D eigenvalue weighted by molar-refractivity contribution is 6.08. The van der Waals surface area contributed by atoms with Crippen LogP contribution in [0.4, 0.5) is 13.2 Å². The van der Waals surface area contributed by atoms with Crippen LogP contribution in [0.1, 0.15) is 32.1 Å². The van der Waals surface area contributed by atoms with Gasteiger partial charge in [-0.2, -0.15) is 13.2 Å². The summed E-state index contributed by atoms with van der Waals surface area (Å²) in [5, 5.41) is 8.84. The number of rotatable bonds is 4. The van der Waals surface area contributed by atoms with E-state index in [9.17, 15) is 22.8 Å². The fourth-order valence-electron chi connectivity index (χ4n) is 2.46. The zero-order valence-electron chi connectivity index (χ0n) is 13.6. The second-order valence-corrected chi connectivity index (χ2v) is 5.54. The Morgan fingerprint density at radius 3 is 1.85 bits per heavy atom. The maximum atomic E-state index is 13.1. The number of halogens is 3. The van der Waals surface area contributed by atoms with Crippen LogP contribution < -0.4 is 0 Å². The maximum Gasteiger partial charge on any atom is 0.417 e. The quantitative estimate of drug-likeness (QED) is 0.698. The third-order valence-corrected chi connectivity index (χ3v) is 3.79. The minimum absolute atomic E-state index is 0.123. The van der Waals surface area contributed by atoms with E-state index in [4.69, 9.17) is 5.11 Å². The molecule has 0 aliphatic rings. The van der Waals surface area contributed by atoms with Crippen LogP contribution >= 0.6 is 0 Å². The molecular formula is C19H11F3N2O3. The summed E-state index contributed by atoms with van der Waals surface area (Å²) in [4.78, 5) is 31.0. The zero-order valence-corrected chi connectivity index (χ0v) is 13.6. The van der Waals surface area contributed by atoms with Crippen molar-refractivity contribution in [1.29, 1.82) is 0 Å². The van der Waals surface area contributed by atoms with Crippen LogP contribution in [0.25, 0.3) is 11.1 Å². The van der Waals surface area contributed by atoms with Crippen molar-refractivity contribution >= 4 is 11.8 Å². The van der Waals surface area contributed by atoms with Crippen LogP contribution in [-0.4, -0.2) is 26.8 Å². The first kappa shape index (κ1) is 18.2. The van der Waals surface area contributed by atoms with E-state index in [1.807, 2.05) is 0 Å². The summed E-state index contributed by atoms with van der Waals surface area (Å²) in [6, 6.07) is 10.2. The summed E-state index contributed by atoms with van der Waals surface area (Å²) in [6.45, 7) is 0. The number of alkyl halides is 3. The highest BCUT2D eigenvalue weighted by Gasteiger charge is 2.35. The number of hydrogen-bond acceptors (Lipinski definition) is 4. The predicted molar refractivity (Wildman–Crippen MR) is 89.3 cm³/mol. The van der Waals surface area contributed by atoms with Gasteiger partial charge < -0.3 is 5.11 Å². The van der Waals surface area contributed by atoms with Crippen molar-refractivity contribution in [3.63, 3.8) is 0 Å². The molecule has 0 spiro atoms. The SMILES string of the molecule is O=C(O)c1ccc(-c2ccc(C(=O)c3ccccc3C(F)(F)F)nc2)cn1. The van der Waals surface area contributed by atoms with Gasteiger partial charge >= 0.3 is 12.1 Å². The normalized spacial score (nSPS) is 11.2. The largest absolute Gasteiger partial charge is 0.477 e. The van der Waals surface area contributed by atoms with E-state index in [0.717, 1.165) is 12.1 Å². The van der Waals surface area contributed by atoms with Gasteiger partial charge in [-0.1, -0.05) is 30.3 Å². The minimum atomic E-state index is -4.65. The summed E-state index contributed by atoms with van der Waals surface area (Å²) in [5.41, 5.74) is -0.651. The van der Waals surface area contributed by atoms with Gasteiger partial charge in [0.05, 0.1) is 5.56 Å². The molecule has 27 heavy (non-hydrogen) atoms. The smallest absolute Gasteiger partial charge is 0.417 e. The summed E-state index contributed by atoms with van der Waals surface area (Å²) >= 11 is 0. The molecular weight excluding hydrogens is 361 g/mol. The topological polar surface area (TPSA) is 80.1 Å². The molecule has 0 amide bonds. The van der Waals surface area contributed by atoms with Crippen LogP contribution in [0.2, 0.25) is 0 Å². The van der Waals surface area contributed by atoms with Gasteiger partial charge in [-0.05, 0) is 18.2 Å². The number of benzene rings is 1. The number of carbonyl (C=O) groups excluding carboxylic acids is 1. The Kier molecular flexibility index (Phi) is 4.72. The van der Waals surface area contributed by atoms with Crippen LogP contribution in [0.3, 0.4) is 0 Å². The molecule has 0 saturated carbocycles. The lowest BCUT2D eigenvalue weighted by molar-refractivity contribution is -0.137. The van der Waals surface area contributed by atoms with Crippen LogP contribution in [0, 0.1) is 0 Å². The van der Waals surface area contributed by atoms with Gasteiger partial charge in [0.1, 0.15) is 11.4 Å². The molecule has 2 aromatic heterocycles. The van der Waals surface area contributed by atoms with E-state index in [-0.39, 0.29) is 11.4 Å². The molecule has 0 aliphatic carbocycles. The molecule has 1 N–H and O–H groups in total. The van der Waals surface area contributed by atoms with E-state index < -0.39 is 29.1 Å². The maximum absolute atomic E-state index is 13.1. The van der Waals surface area contributed by atoms with E-state index in [0.29, 0.717) is 11.1 Å². The van der Waals surface area contributed by atoms with Crippen molar-refractivity contribution in [1.82, 2.24) is 9.97 Å². The summed E-state index contributed by atoms with van der Waals surface area (Å²) < 4.78 is 39.2. The Morgan fingerprint density at radius 2 is 1.37 bits per heavy atom. The van der Waals surface area contributed by atoms with Gasteiger partial charge in [0, 0.05) is 29.1 Å². The zero-order chi connectivity index (χ0) is 19.6. The van der Waals surface area contributed by atoms with E-state index >= 15 is 0 Å². The Bertz CT molecular complexity index is 998. The molecule has 0 fully saturated rings. The van der Waals surface area contributed by atoms with Gasteiger partial charge in [0.25, 0.3) is 0 Å². The summed E-state index contributed by atoms with van der Waals surface area (Å²) in [7, 11) is 0. The van der Waals surface area contributed by atoms with Gasteiger partial charge in [-0.25, -0.2) is 9.78 Å². The first-order valence-electron chi connectivity index (χ1n) is 7.64. The number of carbonyl (C=O) groups is 2. The second-order valence-electron chi connectivity index (χ2n) is 5.54. The van der Waals surface area contributed by atoms with Crippen molar-refractivity contribution in [2.45, 2.75) is 6.18 Å². The lowest BCUT2D eigenvalue weighted by atomic mass is 10.00. The summed E-state index contributed by atoms with van der Waals surface area (Å²) in [6.07, 6.45) is -1.99. The van der Waals surface area contributed by atoms with E-state index in [1.165, 1.54) is 48.8 Å². The second kappa shape index (κ2) is 6.99. The Morgan fingerprint density at radius 1 is 0.815 bits per heavy atom. The molecule has 1 aromatic carbocycles. The molecule has 136 valence electrons. The van der Waals surface area contributed by atoms with Crippen molar-refractivity contribution < 1.29 is 27.9 Å². The molecule has 0 bridgehead atoms. The van der Waals surface area contributed by atoms with Gasteiger partial charge in [0.2, 0.25) is 5.78 Å². The number of aromatic nitrogens is 2. The lowest BCUT2D eigenvalue weighted by Crippen LogP contribution is -2.14. The van der Waals surface area contributed by atoms with Crippen LogP contribution in [0.5, 0.6) is 0 Å². The van der Waals surface area contributed by atoms with Crippen molar-refractivity contribution in [3.05, 3.63) is 83.4 Å². The average Bonchev–Trinajstić information content (AvgIpc) is 2.67. The highest BCUT2D eigenvalue weighted by atomic mass is 19.4. The molecule has 0 aliphatic heterocycles. The van der Waals surface area contributed by atoms with Crippen LogP contribution in [0.15, 0.2) is 60.9 Å². The van der Waals surface area contributed by atoms with Gasteiger partial charge in [-0.3, -0.25) is 9.78 Å². The molecule has 0 unspecified atom stereocenters. The molecule has 5 nitrogen and oxygen atoms in total. The van der Waals surface area contributed by atoms with Gasteiger partial charge in [0.15, 0.2) is 0 Å². The number of carboxylic acid groups (broad SMARTS) is 1. The Hall–Kier alpha value is -3.55. The van der Waals surface area contributed by atoms with Crippen LogP contribution in [-0.2, 0) is 6.18 Å². The van der Waals surface area contributed by atoms with E-state index in [2.05, 4.69) is 9.97 Å². The Balaban J connectivity index is 1.90. The molecule has 0 atom stereocenters. The van der Waals surface area contributed by atoms with Crippen molar-refractivity contribution in [2.75, 3.05) is 0 Å². The molecule has 3 rings (SSSR count). The summed E-state index contributed by atoms with van der Waals surface area (Å²) in [5.74, 6) is -2.00. The number of ketones is 1. The fourth-order valence-corrected chi connectivity index (χ4v) is 2.46. The molecule has 3 aromatic rings. The highest BCUT2D eigenvalue weighted by Crippen LogP contribution is 2.32. The number of nitrogens with zero attached hydrogens (tertiary/aromatic N) is 2. The molecule has 2 heterocycles.